The molecule has 0 aliphatic rings. The minimum atomic E-state index is -3.75. The molecule has 0 unspecified atom stereocenters. The molecule has 2 heterocycles. The Morgan fingerprint density at radius 2 is 2.21 bits per heavy atom. The lowest BCUT2D eigenvalue weighted by molar-refractivity contribution is 0.611. The van der Waals surface area contributed by atoms with Gasteiger partial charge in [-0.25, -0.2) is 8.42 Å². The monoisotopic (exact) mass is 333 g/mol. The van der Waals surface area contributed by atoms with Crippen LogP contribution in [-0.2, 0) is 16.1 Å². The van der Waals surface area contributed by atoms with Gasteiger partial charge in [0.15, 0.2) is 0 Å². The molecule has 0 bridgehead atoms. The standard InChI is InChI=1S/C10H8ClN3O2S3/c1-14-10(17-2)6(5-12)9(13-14)7-3-4-8(18-7)19(11,15)16/h3-4H,1-2H3. The van der Waals surface area contributed by atoms with Gasteiger partial charge in [-0.3, -0.25) is 4.68 Å². The molecular weight excluding hydrogens is 326 g/mol. The lowest BCUT2D eigenvalue weighted by atomic mass is 10.2. The van der Waals surface area contributed by atoms with Crippen LogP contribution in [0.25, 0.3) is 10.6 Å². The Bertz CT molecular complexity index is 771. The van der Waals surface area contributed by atoms with Crippen LogP contribution in [0.15, 0.2) is 21.4 Å². The highest BCUT2D eigenvalue weighted by atomic mass is 35.7. The molecule has 0 N–H and O–H groups in total. The van der Waals surface area contributed by atoms with Crippen molar-refractivity contribution in [3.8, 4) is 16.6 Å². The van der Waals surface area contributed by atoms with Crippen LogP contribution in [0.4, 0.5) is 0 Å². The molecule has 100 valence electrons. The van der Waals surface area contributed by atoms with Crippen LogP contribution in [0.2, 0.25) is 0 Å². The molecule has 2 rings (SSSR count). The predicted molar refractivity (Wildman–Crippen MR) is 76.1 cm³/mol. The smallest absolute Gasteiger partial charge is 0.260 e. The normalized spacial score (nSPS) is 11.5. The number of hydrogen-bond acceptors (Lipinski definition) is 6. The molecule has 0 amide bonds. The van der Waals surface area contributed by atoms with Crippen LogP contribution in [0, 0.1) is 11.3 Å². The van der Waals surface area contributed by atoms with Crippen molar-refractivity contribution >= 4 is 42.8 Å². The Balaban J connectivity index is 2.61. The molecule has 0 aliphatic carbocycles. The minimum absolute atomic E-state index is 0.0458. The van der Waals surface area contributed by atoms with E-state index in [0.717, 1.165) is 16.4 Å². The number of thiophene rings is 1. The summed E-state index contributed by atoms with van der Waals surface area (Å²) in [5.74, 6) is 0. The van der Waals surface area contributed by atoms with E-state index in [1.807, 2.05) is 6.26 Å². The van der Waals surface area contributed by atoms with Gasteiger partial charge in [-0.1, -0.05) is 0 Å². The van der Waals surface area contributed by atoms with Crippen molar-refractivity contribution in [2.24, 2.45) is 7.05 Å². The van der Waals surface area contributed by atoms with Crippen molar-refractivity contribution in [3.05, 3.63) is 17.7 Å². The van der Waals surface area contributed by atoms with Gasteiger partial charge in [-0.15, -0.1) is 23.1 Å². The van der Waals surface area contributed by atoms with Crippen LogP contribution >= 0.6 is 33.8 Å². The molecule has 2 aromatic heterocycles. The summed E-state index contributed by atoms with van der Waals surface area (Å²) in [6.45, 7) is 0. The lowest BCUT2D eigenvalue weighted by Gasteiger charge is -1.94. The Morgan fingerprint density at radius 1 is 1.53 bits per heavy atom. The van der Waals surface area contributed by atoms with Gasteiger partial charge in [0, 0.05) is 17.7 Å². The first-order valence-electron chi connectivity index (χ1n) is 4.94. The Morgan fingerprint density at radius 3 is 2.68 bits per heavy atom. The molecule has 0 spiro atoms. The summed E-state index contributed by atoms with van der Waals surface area (Å²) < 4.78 is 24.1. The van der Waals surface area contributed by atoms with Crippen LogP contribution in [0.3, 0.4) is 0 Å². The van der Waals surface area contributed by atoms with Gasteiger partial charge in [0.2, 0.25) is 0 Å². The summed E-state index contributed by atoms with van der Waals surface area (Å²) in [6.07, 6.45) is 1.85. The molecule has 0 radical (unpaired) electrons. The maximum Gasteiger partial charge on any atom is 0.270 e. The van der Waals surface area contributed by atoms with Crippen LogP contribution < -0.4 is 0 Å². The van der Waals surface area contributed by atoms with Crippen LogP contribution in [0.5, 0.6) is 0 Å². The maximum atomic E-state index is 11.2. The summed E-state index contributed by atoms with van der Waals surface area (Å²) >= 11 is 2.41. The van der Waals surface area contributed by atoms with Crippen molar-refractivity contribution in [1.29, 1.82) is 5.26 Å². The third-order valence-corrected chi connectivity index (χ3v) is 6.39. The quantitative estimate of drug-likeness (QED) is 0.637. The fourth-order valence-corrected chi connectivity index (χ4v) is 4.31. The summed E-state index contributed by atoms with van der Waals surface area (Å²) in [6, 6.07) is 5.12. The average Bonchev–Trinajstić information content (AvgIpc) is 2.91. The summed E-state index contributed by atoms with van der Waals surface area (Å²) in [5.41, 5.74) is 0.918. The van der Waals surface area contributed by atoms with E-state index in [1.54, 1.807) is 17.8 Å². The molecule has 9 heteroatoms. The van der Waals surface area contributed by atoms with Gasteiger partial charge in [-0.05, 0) is 18.4 Å². The van der Waals surface area contributed by atoms with Crippen molar-refractivity contribution in [2.45, 2.75) is 9.24 Å². The van der Waals surface area contributed by atoms with E-state index in [9.17, 15) is 13.7 Å². The number of hydrogen-bond donors (Lipinski definition) is 0. The SMILES string of the molecule is CSc1c(C#N)c(-c2ccc(S(=O)(=O)Cl)s2)nn1C. The molecule has 0 saturated carbocycles. The van der Waals surface area contributed by atoms with E-state index in [2.05, 4.69) is 11.2 Å². The van der Waals surface area contributed by atoms with Gasteiger partial charge in [-0.2, -0.15) is 10.4 Å². The third kappa shape index (κ3) is 2.65. The molecule has 2 aromatic rings. The zero-order valence-corrected chi connectivity index (χ0v) is 13.1. The number of nitrogens with zero attached hydrogens (tertiary/aromatic N) is 3. The number of thioether (sulfide) groups is 1. The highest BCUT2D eigenvalue weighted by Crippen LogP contribution is 2.36. The Labute approximate surface area is 123 Å². The van der Waals surface area contributed by atoms with E-state index in [0.29, 0.717) is 16.1 Å². The number of aryl methyl sites for hydroxylation is 1. The summed E-state index contributed by atoms with van der Waals surface area (Å²) in [7, 11) is 3.27. The number of rotatable bonds is 3. The molecular formula is C10H8ClN3O2S3. The van der Waals surface area contributed by atoms with Crippen molar-refractivity contribution in [1.82, 2.24) is 9.78 Å². The fraction of sp³-hybridized carbons (Fsp3) is 0.200. The topological polar surface area (TPSA) is 75.8 Å². The second-order valence-electron chi connectivity index (χ2n) is 3.52. The van der Waals surface area contributed by atoms with E-state index < -0.39 is 9.05 Å². The highest BCUT2D eigenvalue weighted by Gasteiger charge is 2.20. The summed E-state index contributed by atoms with van der Waals surface area (Å²) in [4.78, 5) is 0.603. The molecule has 19 heavy (non-hydrogen) atoms. The fourth-order valence-electron chi connectivity index (χ4n) is 1.59. The van der Waals surface area contributed by atoms with E-state index in [1.165, 1.54) is 17.8 Å². The largest absolute Gasteiger partial charge is 0.270 e. The summed E-state index contributed by atoms with van der Waals surface area (Å²) in [5, 5.41) is 14.2. The van der Waals surface area contributed by atoms with Crippen molar-refractivity contribution < 1.29 is 8.42 Å². The average molecular weight is 334 g/mol. The number of halogens is 1. The first-order valence-corrected chi connectivity index (χ1v) is 9.29. The predicted octanol–water partition coefficient (Wildman–Crippen LogP) is 2.67. The van der Waals surface area contributed by atoms with E-state index in [-0.39, 0.29) is 4.21 Å². The second kappa shape index (κ2) is 5.17. The first kappa shape index (κ1) is 14.4. The Kier molecular flexibility index (Phi) is 3.92. The molecule has 5 nitrogen and oxygen atoms in total. The first-order chi connectivity index (χ1) is 8.88. The van der Waals surface area contributed by atoms with E-state index in [4.69, 9.17) is 10.7 Å². The van der Waals surface area contributed by atoms with Gasteiger partial charge >= 0.3 is 0 Å². The van der Waals surface area contributed by atoms with Crippen molar-refractivity contribution in [2.75, 3.05) is 6.26 Å². The van der Waals surface area contributed by atoms with Crippen LogP contribution in [0.1, 0.15) is 5.56 Å². The maximum absolute atomic E-state index is 11.2. The molecule has 0 atom stereocenters. The van der Waals surface area contributed by atoms with Gasteiger partial charge in [0.05, 0.1) is 4.88 Å². The van der Waals surface area contributed by atoms with E-state index >= 15 is 0 Å². The van der Waals surface area contributed by atoms with Gasteiger partial charge < -0.3 is 0 Å². The second-order valence-corrected chi connectivity index (χ2v) is 8.20. The molecule has 0 saturated heterocycles. The van der Waals surface area contributed by atoms with Gasteiger partial charge in [0.1, 0.15) is 26.6 Å². The third-order valence-electron chi connectivity index (χ3n) is 2.35. The zero-order chi connectivity index (χ0) is 14.2. The van der Waals surface area contributed by atoms with Gasteiger partial charge in [0.25, 0.3) is 9.05 Å². The zero-order valence-electron chi connectivity index (χ0n) is 9.92. The highest BCUT2D eigenvalue weighted by molar-refractivity contribution is 8.15. The Hall–Kier alpha value is -1.01. The number of nitriles is 1. The minimum Gasteiger partial charge on any atom is -0.260 e. The molecule has 0 aromatic carbocycles. The molecule has 0 aliphatic heterocycles. The molecule has 0 fully saturated rings. The van der Waals surface area contributed by atoms with Crippen LogP contribution in [-0.4, -0.2) is 24.5 Å². The lowest BCUT2D eigenvalue weighted by Crippen LogP contribution is -1.91. The number of aromatic nitrogens is 2. The van der Waals surface area contributed by atoms with Crippen molar-refractivity contribution in [3.63, 3.8) is 0 Å².